The fraction of sp³-hybridized carbons (Fsp3) is 0.900. The van der Waals surface area contributed by atoms with Gasteiger partial charge in [-0.25, -0.2) is 0 Å². The van der Waals surface area contributed by atoms with Gasteiger partial charge in [0, 0.05) is 11.3 Å². The number of primary amides is 1. The summed E-state index contributed by atoms with van der Waals surface area (Å²) in [4.78, 5) is 10.7. The summed E-state index contributed by atoms with van der Waals surface area (Å²) in [6, 6.07) is 0.250. The lowest BCUT2D eigenvalue weighted by Gasteiger charge is -2.25. The van der Waals surface area contributed by atoms with Crippen LogP contribution < -0.4 is 11.5 Å². The van der Waals surface area contributed by atoms with Gasteiger partial charge in [-0.2, -0.15) is 0 Å². The molecule has 1 fully saturated rings. The molecule has 1 aliphatic rings. The monoisotopic (exact) mass is 216 g/mol. The van der Waals surface area contributed by atoms with Gasteiger partial charge in [0.2, 0.25) is 5.91 Å². The van der Waals surface area contributed by atoms with Crippen LogP contribution in [0.3, 0.4) is 0 Å². The molecule has 3 nitrogen and oxygen atoms in total. The Morgan fingerprint density at radius 1 is 1.21 bits per heavy atom. The molecule has 2 atom stereocenters. The number of thioether (sulfide) groups is 1. The van der Waals surface area contributed by atoms with Gasteiger partial charge < -0.3 is 11.5 Å². The van der Waals surface area contributed by atoms with E-state index in [-0.39, 0.29) is 11.9 Å². The van der Waals surface area contributed by atoms with Crippen LogP contribution in [0.2, 0.25) is 0 Å². The maximum Gasteiger partial charge on any atom is 0.227 e. The van der Waals surface area contributed by atoms with Crippen molar-refractivity contribution in [1.29, 1.82) is 0 Å². The van der Waals surface area contributed by atoms with Crippen LogP contribution in [0.25, 0.3) is 0 Å². The van der Waals surface area contributed by atoms with E-state index in [1.54, 1.807) is 11.8 Å². The first-order valence-electron chi connectivity index (χ1n) is 5.35. The van der Waals surface area contributed by atoms with E-state index in [1.807, 2.05) is 0 Å². The van der Waals surface area contributed by atoms with E-state index >= 15 is 0 Å². The van der Waals surface area contributed by atoms with Crippen LogP contribution in [0.5, 0.6) is 0 Å². The van der Waals surface area contributed by atoms with Crippen LogP contribution in [-0.2, 0) is 4.79 Å². The molecule has 82 valence electrons. The summed E-state index contributed by atoms with van der Waals surface area (Å²) < 4.78 is 0. The highest BCUT2D eigenvalue weighted by atomic mass is 32.2. The largest absolute Gasteiger partial charge is 0.369 e. The van der Waals surface area contributed by atoms with Crippen molar-refractivity contribution in [2.75, 3.05) is 5.75 Å². The first kappa shape index (κ1) is 11.9. The predicted molar refractivity (Wildman–Crippen MR) is 61.1 cm³/mol. The molecule has 2 unspecified atom stereocenters. The highest BCUT2D eigenvalue weighted by molar-refractivity contribution is 8.00. The first-order chi connectivity index (χ1) is 6.70. The van der Waals surface area contributed by atoms with E-state index in [0.717, 1.165) is 12.8 Å². The van der Waals surface area contributed by atoms with Crippen LogP contribution >= 0.6 is 11.8 Å². The van der Waals surface area contributed by atoms with Crippen molar-refractivity contribution in [3.63, 3.8) is 0 Å². The molecule has 0 aromatic carbocycles. The molecule has 1 amide bonds. The van der Waals surface area contributed by atoms with Crippen molar-refractivity contribution in [2.24, 2.45) is 11.5 Å². The lowest BCUT2D eigenvalue weighted by molar-refractivity contribution is -0.115. The molecule has 1 saturated carbocycles. The van der Waals surface area contributed by atoms with E-state index in [0.29, 0.717) is 11.0 Å². The van der Waals surface area contributed by atoms with Crippen molar-refractivity contribution in [3.8, 4) is 0 Å². The number of carbonyl (C=O) groups is 1. The SMILES string of the molecule is NC(=O)CSC1CCCCCCC1N. The minimum absolute atomic E-state index is 0.232. The molecule has 0 saturated heterocycles. The van der Waals surface area contributed by atoms with Gasteiger partial charge in [-0.15, -0.1) is 11.8 Å². The summed E-state index contributed by atoms with van der Waals surface area (Å²) in [5.41, 5.74) is 11.2. The Balaban J connectivity index is 2.33. The third-order valence-corrected chi connectivity index (χ3v) is 4.16. The Bertz CT molecular complexity index is 187. The Kier molecular flexibility index (Phi) is 5.33. The Morgan fingerprint density at radius 3 is 2.50 bits per heavy atom. The van der Waals surface area contributed by atoms with Crippen LogP contribution in [0.4, 0.5) is 0 Å². The summed E-state index contributed by atoms with van der Waals surface area (Å²) in [6.45, 7) is 0. The number of hydrogen-bond acceptors (Lipinski definition) is 3. The molecule has 0 spiro atoms. The molecule has 1 rings (SSSR count). The van der Waals surface area contributed by atoms with Gasteiger partial charge in [0.15, 0.2) is 0 Å². The number of rotatable bonds is 3. The number of nitrogens with two attached hydrogens (primary N) is 2. The number of hydrogen-bond donors (Lipinski definition) is 2. The Labute approximate surface area is 90.0 Å². The zero-order valence-electron chi connectivity index (χ0n) is 8.58. The van der Waals surface area contributed by atoms with Crippen molar-refractivity contribution in [2.45, 2.75) is 49.8 Å². The topological polar surface area (TPSA) is 69.1 Å². The minimum Gasteiger partial charge on any atom is -0.369 e. The number of amides is 1. The van der Waals surface area contributed by atoms with Crippen LogP contribution in [0.1, 0.15) is 38.5 Å². The van der Waals surface area contributed by atoms with Gasteiger partial charge in [-0.1, -0.05) is 25.7 Å². The van der Waals surface area contributed by atoms with Crippen molar-refractivity contribution < 1.29 is 4.79 Å². The molecule has 4 heteroatoms. The third-order valence-electron chi connectivity index (χ3n) is 2.69. The van der Waals surface area contributed by atoms with Crippen molar-refractivity contribution >= 4 is 17.7 Å². The lowest BCUT2D eigenvalue weighted by Crippen LogP contribution is -2.34. The van der Waals surface area contributed by atoms with E-state index in [2.05, 4.69) is 0 Å². The molecule has 0 aliphatic heterocycles. The van der Waals surface area contributed by atoms with E-state index in [1.165, 1.54) is 25.7 Å². The first-order valence-corrected chi connectivity index (χ1v) is 6.40. The van der Waals surface area contributed by atoms with Crippen molar-refractivity contribution in [3.05, 3.63) is 0 Å². The summed E-state index contributed by atoms with van der Waals surface area (Å²) >= 11 is 1.64. The fourth-order valence-electron chi connectivity index (χ4n) is 1.88. The van der Waals surface area contributed by atoms with Crippen molar-refractivity contribution in [1.82, 2.24) is 0 Å². The van der Waals surface area contributed by atoms with Crippen LogP contribution in [-0.4, -0.2) is 23.0 Å². The second-order valence-electron chi connectivity index (χ2n) is 3.97. The lowest BCUT2D eigenvalue weighted by atomic mass is 9.97. The van der Waals surface area contributed by atoms with Gasteiger partial charge >= 0.3 is 0 Å². The molecular formula is C10H20N2OS. The van der Waals surface area contributed by atoms with Gasteiger partial charge in [-0.3, -0.25) is 4.79 Å². The zero-order chi connectivity index (χ0) is 10.4. The second-order valence-corrected chi connectivity index (χ2v) is 5.20. The minimum atomic E-state index is -0.232. The van der Waals surface area contributed by atoms with Gasteiger partial charge in [0.1, 0.15) is 0 Å². The molecule has 0 aromatic rings. The molecule has 0 bridgehead atoms. The zero-order valence-corrected chi connectivity index (χ0v) is 9.39. The van der Waals surface area contributed by atoms with Gasteiger partial charge in [0.25, 0.3) is 0 Å². The maximum absolute atomic E-state index is 10.7. The fourth-order valence-corrected chi connectivity index (χ4v) is 2.97. The average Bonchev–Trinajstić information content (AvgIpc) is 2.10. The van der Waals surface area contributed by atoms with Crippen LogP contribution in [0, 0.1) is 0 Å². The van der Waals surface area contributed by atoms with Gasteiger partial charge in [-0.05, 0) is 12.8 Å². The molecule has 4 N–H and O–H groups in total. The molecular weight excluding hydrogens is 196 g/mol. The standard InChI is InChI=1S/C10H20N2OS/c11-8-5-3-1-2-4-6-9(8)14-7-10(12)13/h8-9H,1-7,11H2,(H2,12,13). The number of carbonyl (C=O) groups excluding carboxylic acids is 1. The predicted octanol–water partition coefficient (Wildman–Crippen LogP) is 1.26. The highest BCUT2D eigenvalue weighted by Crippen LogP contribution is 2.25. The summed E-state index contributed by atoms with van der Waals surface area (Å²) in [7, 11) is 0. The third kappa shape index (κ3) is 4.33. The van der Waals surface area contributed by atoms with E-state index in [4.69, 9.17) is 11.5 Å². The van der Waals surface area contributed by atoms with Crippen LogP contribution in [0.15, 0.2) is 0 Å². The molecule has 0 heterocycles. The quantitative estimate of drug-likeness (QED) is 0.746. The molecule has 0 aromatic heterocycles. The Morgan fingerprint density at radius 2 is 1.86 bits per heavy atom. The highest BCUT2D eigenvalue weighted by Gasteiger charge is 2.20. The molecule has 0 radical (unpaired) electrons. The maximum atomic E-state index is 10.7. The van der Waals surface area contributed by atoms with Gasteiger partial charge in [0.05, 0.1) is 5.75 Å². The summed E-state index contributed by atoms with van der Waals surface area (Å²) in [6.07, 6.45) is 7.32. The Hall–Kier alpha value is -0.220. The van der Waals surface area contributed by atoms with E-state index in [9.17, 15) is 4.79 Å². The van der Waals surface area contributed by atoms with E-state index < -0.39 is 0 Å². The summed E-state index contributed by atoms with van der Waals surface area (Å²) in [5, 5.41) is 0.433. The summed E-state index contributed by atoms with van der Waals surface area (Å²) in [5.74, 6) is 0.183. The average molecular weight is 216 g/mol. The molecule has 1 aliphatic carbocycles. The normalized spacial score (nSPS) is 29.2. The smallest absolute Gasteiger partial charge is 0.227 e. The second kappa shape index (κ2) is 6.30. The molecule has 14 heavy (non-hydrogen) atoms.